The van der Waals surface area contributed by atoms with Gasteiger partial charge >= 0.3 is 0 Å². The van der Waals surface area contributed by atoms with E-state index < -0.39 is 17.7 Å². The smallest absolute Gasteiger partial charge is 0.295 e. The molecule has 1 unspecified atom stereocenters. The number of hydrogen-bond acceptors (Lipinski definition) is 5. The van der Waals surface area contributed by atoms with E-state index in [1.807, 2.05) is 55.5 Å². The average molecular weight is 525 g/mol. The predicted molar refractivity (Wildman–Crippen MR) is 151 cm³/mol. The second-order valence-electron chi connectivity index (χ2n) is 10.2. The number of carbonyl (C=O) groups is 2. The Bertz CT molecular complexity index is 1580. The van der Waals surface area contributed by atoms with Gasteiger partial charge in [0.15, 0.2) is 0 Å². The molecular weight excluding hydrogens is 492 g/mol. The minimum absolute atomic E-state index is 0.0508. The summed E-state index contributed by atoms with van der Waals surface area (Å²) in [7, 11) is 1.57. The van der Waals surface area contributed by atoms with E-state index in [-0.39, 0.29) is 17.9 Å². The molecule has 0 radical (unpaired) electrons. The van der Waals surface area contributed by atoms with Gasteiger partial charge in [-0.3, -0.25) is 9.59 Å². The molecule has 5 rings (SSSR count). The van der Waals surface area contributed by atoms with Crippen LogP contribution >= 0.6 is 0 Å². The number of aromatic amines is 1. The lowest BCUT2D eigenvalue weighted by Gasteiger charge is -2.25. The highest BCUT2D eigenvalue weighted by Crippen LogP contribution is 2.43. The van der Waals surface area contributed by atoms with E-state index in [1.54, 1.807) is 31.5 Å². The minimum Gasteiger partial charge on any atom is -0.507 e. The van der Waals surface area contributed by atoms with Gasteiger partial charge in [0.2, 0.25) is 0 Å². The highest BCUT2D eigenvalue weighted by Gasteiger charge is 2.47. The van der Waals surface area contributed by atoms with Crippen molar-refractivity contribution in [1.29, 1.82) is 0 Å². The Hall–Kier alpha value is -4.52. The molecule has 0 spiro atoms. The summed E-state index contributed by atoms with van der Waals surface area (Å²) in [5.74, 6) is 0.0779. The topological polar surface area (TPSA) is 91.9 Å². The molecule has 1 fully saturated rings. The molecule has 1 amide bonds. The van der Waals surface area contributed by atoms with Gasteiger partial charge in [0.05, 0.1) is 31.9 Å². The van der Waals surface area contributed by atoms with E-state index >= 15 is 0 Å². The molecule has 4 aromatic rings. The lowest BCUT2D eigenvalue weighted by molar-refractivity contribution is -0.140. The van der Waals surface area contributed by atoms with Crippen LogP contribution in [0, 0.1) is 12.8 Å². The van der Waals surface area contributed by atoms with Gasteiger partial charge in [0.25, 0.3) is 11.7 Å². The number of likely N-dealkylation sites (tertiary alicyclic amines) is 1. The number of carbonyl (C=O) groups excluding carboxylic acids is 2. The third kappa shape index (κ3) is 4.88. The Morgan fingerprint density at radius 3 is 2.51 bits per heavy atom. The third-order valence-electron chi connectivity index (χ3n) is 7.01. The number of rotatable bonds is 8. The number of aromatic nitrogens is 1. The number of aliphatic hydroxyl groups excluding tert-OH is 1. The first-order valence-corrected chi connectivity index (χ1v) is 13.0. The number of aryl methyl sites for hydroxylation is 1. The van der Waals surface area contributed by atoms with Crippen molar-refractivity contribution in [2.24, 2.45) is 5.92 Å². The molecule has 1 saturated heterocycles. The molecule has 7 heteroatoms. The average Bonchev–Trinajstić information content (AvgIpc) is 3.46. The Balaban J connectivity index is 1.64. The monoisotopic (exact) mass is 524 g/mol. The fourth-order valence-electron chi connectivity index (χ4n) is 5.07. The highest BCUT2D eigenvalue weighted by atomic mass is 16.5. The fourth-order valence-corrected chi connectivity index (χ4v) is 5.07. The van der Waals surface area contributed by atoms with Crippen LogP contribution < -0.4 is 9.47 Å². The summed E-state index contributed by atoms with van der Waals surface area (Å²) < 4.78 is 11.4. The predicted octanol–water partition coefficient (Wildman–Crippen LogP) is 6.14. The van der Waals surface area contributed by atoms with E-state index in [2.05, 4.69) is 18.8 Å². The molecule has 1 aromatic heterocycles. The maximum absolute atomic E-state index is 13.6. The standard InChI is InChI=1S/C32H32N2O5/c1-19(2)18-39-26-14-13-21(15-20(26)3)30(35)28-29(24-16-33-25-11-7-6-10-23(24)25)34(32(37)31(28)36)17-22-9-5-8-12-27(22)38-4/h5-16,19,29,33,35H,17-18H2,1-4H3/b30-28+. The number of para-hydroxylation sites is 2. The van der Waals surface area contributed by atoms with Gasteiger partial charge in [-0.25, -0.2) is 0 Å². The normalized spacial score (nSPS) is 16.8. The van der Waals surface area contributed by atoms with Crippen LogP contribution in [0.5, 0.6) is 11.5 Å². The molecule has 1 atom stereocenters. The summed E-state index contributed by atoms with van der Waals surface area (Å²) in [5, 5.41) is 12.4. The van der Waals surface area contributed by atoms with Gasteiger partial charge in [-0.15, -0.1) is 0 Å². The first kappa shape index (κ1) is 26.1. The molecule has 2 heterocycles. The number of aliphatic hydroxyl groups is 1. The fraction of sp³-hybridized carbons (Fsp3) is 0.250. The van der Waals surface area contributed by atoms with Crippen molar-refractivity contribution in [2.75, 3.05) is 13.7 Å². The number of nitrogens with zero attached hydrogens (tertiary/aromatic N) is 1. The Kier molecular flexibility index (Phi) is 7.15. The maximum atomic E-state index is 13.6. The molecule has 3 aromatic carbocycles. The molecule has 7 nitrogen and oxygen atoms in total. The molecule has 1 aliphatic heterocycles. The largest absolute Gasteiger partial charge is 0.507 e. The Morgan fingerprint density at radius 1 is 1.03 bits per heavy atom. The molecule has 0 saturated carbocycles. The van der Waals surface area contributed by atoms with E-state index in [0.717, 1.165) is 27.6 Å². The van der Waals surface area contributed by atoms with Crippen molar-refractivity contribution >= 4 is 28.4 Å². The number of amides is 1. The van der Waals surface area contributed by atoms with Gasteiger partial charge in [-0.2, -0.15) is 0 Å². The maximum Gasteiger partial charge on any atom is 0.295 e. The molecule has 39 heavy (non-hydrogen) atoms. The molecule has 2 N–H and O–H groups in total. The van der Waals surface area contributed by atoms with Gasteiger partial charge in [0.1, 0.15) is 17.3 Å². The number of methoxy groups -OCH3 is 1. The number of ether oxygens (including phenoxy) is 2. The Morgan fingerprint density at radius 2 is 1.77 bits per heavy atom. The number of ketones is 1. The first-order chi connectivity index (χ1) is 18.8. The number of H-pyrrole nitrogens is 1. The summed E-state index contributed by atoms with van der Waals surface area (Å²) in [6, 6.07) is 19.6. The van der Waals surface area contributed by atoms with Crippen LogP contribution in [0.25, 0.3) is 16.7 Å². The zero-order valence-corrected chi connectivity index (χ0v) is 22.5. The number of Topliss-reactive ketones (excluding diaryl/α,β-unsaturated/α-hetero) is 1. The second-order valence-corrected chi connectivity index (χ2v) is 10.2. The lowest BCUT2D eigenvalue weighted by Crippen LogP contribution is -2.29. The van der Waals surface area contributed by atoms with E-state index in [0.29, 0.717) is 29.6 Å². The van der Waals surface area contributed by atoms with E-state index in [1.165, 1.54) is 4.90 Å². The SMILES string of the molecule is COc1ccccc1CN1C(=O)C(=O)/C(=C(/O)c2ccc(OCC(C)C)c(C)c2)C1c1c[nH]c2ccccc12. The number of nitrogens with one attached hydrogen (secondary N) is 1. The number of hydrogen-bond donors (Lipinski definition) is 2. The number of fused-ring (bicyclic) bond motifs is 1. The summed E-state index contributed by atoms with van der Waals surface area (Å²) in [6.45, 7) is 6.75. The molecule has 0 bridgehead atoms. The van der Waals surface area contributed by atoms with Crippen LogP contribution in [-0.4, -0.2) is 40.4 Å². The van der Waals surface area contributed by atoms with Crippen LogP contribution in [0.1, 0.15) is 42.1 Å². The minimum atomic E-state index is -0.803. The van der Waals surface area contributed by atoms with Crippen molar-refractivity contribution in [3.63, 3.8) is 0 Å². The van der Waals surface area contributed by atoms with Crippen molar-refractivity contribution in [3.05, 3.63) is 101 Å². The molecule has 200 valence electrons. The zero-order chi connectivity index (χ0) is 27.7. The zero-order valence-electron chi connectivity index (χ0n) is 22.5. The van der Waals surface area contributed by atoms with Crippen molar-refractivity contribution < 1.29 is 24.2 Å². The van der Waals surface area contributed by atoms with Gasteiger partial charge in [-0.1, -0.05) is 50.2 Å². The molecular formula is C32H32N2O5. The van der Waals surface area contributed by atoms with Crippen molar-refractivity contribution in [2.45, 2.75) is 33.4 Å². The molecule has 1 aliphatic rings. The van der Waals surface area contributed by atoms with Crippen LogP contribution in [0.2, 0.25) is 0 Å². The van der Waals surface area contributed by atoms with E-state index in [4.69, 9.17) is 9.47 Å². The van der Waals surface area contributed by atoms with Crippen LogP contribution in [0.4, 0.5) is 0 Å². The molecule has 0 aliphatic carbocycles. The van der Waals surface area contributed by atoms with Crippen LogP contribution in [-0.2, 0) is 16.1 Å². The Labute approximate surface area is 227 Å². The van der Waals surface area contributed by atoms with E-state index in [9.17, 15) is 14.7 Å². The van der Waals surface area contributed by atoms with Gasteiger partial charge < -0.3 is 24.5 Å². The van der Waals surface area contributed by atoms with Crippen molar-refractivity contribution in [3.8, 4) is 11.5 Å². The number of benzene rings is 3. The summed E-state index contributed by atoms with van der Waals surface area (Å²) in [6.07, 6.45) is 1.80. The van der Waals surface area contributed by atoms with Crippen LogP contribution in [0.15, 0.2) is 78.5 Å². The first-order valence-electron chi connectivity index (χ1n) is 13.0. The van der Waals surface area contributed by atoms with Crippen molar-refractivity contribution in [1.82, 2.24) is 9.88 Å². The summed E-state index contributed by atoms with van der Waals surface area (Å²) in [4.78, 5) is 31.9. The lowest BCUT2D eigenvalue weighted by atomic mass is 9.94. The highest BCUT2D eigenvalue weighted by molar-refractivity contribution is 6.46. The van der Waals surface area contributed by atoms with Gasteiger partial charge in [-0.05, 0) is 48.7 Å². The van der Waals surface area contributed by atoms with Crippen LogP contribution in [0.3, 0.4) is 0 Å². The quantitative estimate of drug-likeness (QED) is 0.164. The second kappa shape index (κ2) is 10.7. The summed E-state index contributed by atoms with van der Waals surface area (Å²) >= 11 is 0. The summed E-state index contributed by atoms with van der Waals surface area (Å²) in [5.41, 5.74) is 3.69. The van der Waals surface area contributed by atoms with Gasteiger partial charge in [0, 0.05) is 33.8 Å². The third-order valence-corrected chi connectivity index (χ3v) is 7.01.